The van der Waals surface area contributed by atoms with Gasteiger partial charge in [-0.25, -0.2) is 4.98 Å². The molecule has 1 aromatic heterocycles. The molecule has 1 atom stereocenters. The maximum Gasteiger partial charge on any atom is 0.0897 e. The smallest absolute Gasteiger partial charge is 0.0897 e. The number of aryl methyl sites for hydroxylation is 1. The Morgan fingerprint density at radius 1 is 1.44 bits per heavy atom. The molecule has 0 spiro atoms. The van der Waals surface area contributed by atoms with E-state index in [0.717, 1.165) is 22.9 Å². The van der Waals surface area contributed by atoms with Crippen LogP contribution in [0, 0.1) is 6.92 Å². The van der Waals surface area contributed by atoms with Gasteiger partial charge in [0.25, 0.3) is 0 Å². The second-order valence-electron chi connectivity index (χ2n) is 4.62. The normalized spacial score (nSPS) is 12.9. The molecule has 1 aromatic carbocycles. The van der Waals surface area contributed by atoms with E-state index in [4.69, 9.17) is 5.73 Å². The van der Waals surface area contributed by atoms with Gasteiger partial charge in [0.15, 0.2) is 0 Å². The Balaban J connectivity index is 2.06. The largest absolute Gasteiger partial charge is 0.399 e. The first-order chi connectivity index (χ1) is 8.56. The van der Waals surface area contributed by atoms with E-state index in [1.807, 2.05) is 25.1 Å². The van der Waals surface area contributed by atoms with Gasteiger partial charge in [0.05, 0.1) is 10.7 Å². The van der Waals surface area contributed by atoms with Gasteiger partial charge in [0, 0.05) is 23.7 Å². The second-order valence-corrected chi connectivity index (χ2v) is 5.68. The Hall–Kier alpha value is -1.39. The maximum absolute atomic E-state index is 5.82. The molecule has 0 aliphatic heterocycles. The highest BCUT2D eigenvalue weighted by molar-refractivity contribution is 7.09. The summed E-state index contributed by atoms with van der Waals surface area (Å²) in [6, 6.07) is 8.40. The van der Waals surface area contributed by atoms with Crippen molar-refractivity contribution in [3.05, 3.63) is 45.9 Å². The minimum Gasteiger partial charge on any atom is -0.399 e. The van der Waals surface area contributed by atoms with Crippen LogP contribution in [0.3, 0.4) is 0 Å². The number of aromatic nitrogens is 1. The van der Waals surface area contributed by atoms with Crippen LogP contribution in [0.5, 0.6) is 0 Å². The van der Waals surface area contributed by atoms with E-state index in [-0.39, 0.29) is 0 Å². The summed E-state index contributed by atoms with van der Waals surface area (Å²) >= 11 is 1.70. The summed E-state index contributed by atoms with van der Waals surface area (Å²) in [6.45, 7) is 5.09. The van der Waals surface area contributed by atoms with Crippen LogP contribution in [-0.2, 0) is 6.54 Å². The van der Waals surface area contributed by atoms with Crippen LogP contribution in [0.15, 0.2) is 29.6 Å². The van der Waals surface area contributed by atoms with Crippen LogP contribution in [0.1, 0.15) is 29.2 Å². The topological polar surface area (TPSA) is 42.2 Å². The van der Waals surface area contributed by atoms with Gasteiger partial charge in [-0.15, -0.1) is 11.3 Å². The molecule has 0 aliphatic rings. The van der Waals surface area contributed by atoms with Crippen molar-refractivity contribution in [2.45, 2.75) is 26.4 Å². The number of nitrogens with two attached hydrogens (primary N) is 1. The lowest BCUT2D eigenvalue weighted by molar-refractivity contribution is 0.250. The predicted octanol–water partition coefficient (Wildman–Crippen LogP) is 3.23. The second kappa shape index (κ2) is 5.50. The zero-order chi connectivity index (χ0) is 13.1. The van der Waals surface area contributed by atoms with E-state index >= 15 is 0 Å². The number of hydrogen-bond acceptors (Lipinski definition) is 4. The fourth-order valence-corrected chi connectivity index (χ4v) is 2.55. The van der Waals surface area contributed by atoms with Crippen molar-refractivity contribution in [3.8, 4) is 0 Å². The van der Waals surface area contributed by atoms with Gasteiger partial charge < -0.3 is 5.73 Å². The first kappa shape index (κ1) is 13.1. The summed E-state index contributed by atoms with van der Waals surface area (Å²) < 4.78 is 0. The van der Waals surface area contributed by atoms with Gasteiger partial charge in [-0.2, -0.15) is 0 Å². The number of hydrogen-bond donors (Lipinski definition) is 1. The maximum atomic E-state index is 5.82. The number of nitrogen functional groups attached to an aromatic ring is 1. The zero-order valence-corrected chi connectivity index (χ0v) is 11.9. The monoisotopic (exact) mass is 261 g/mol. The molecule has 0 saturated heterocycles. The summed E-state index contributed by atoms with van der Waals surface area (Å²) in [6.07, 6.45) is 0. The molecule has 2 N–H and O–H groups in total. The van der Waals surface area contributed by atoms with Gasteiger partial charge in [-0.1, -0.05) is 12.1 Å². The van der Waals surface area contributed by atoms with Crippen molar-refractivity contribution in [1.29, 1.82) is 0 Å². The lowest BCUT2D eigenvalue weighted by Crippen LogP contribution is -2.22. The summed E-state index contributed by atoms with van der Waals surface area (Å²) in [5, 5.41) is 3.24. The Morgan fingerprint density at radius 2 is 2.22 bits per heavy atom. The molecule has 96 valence electrons. The first-order valence-corrected chi connectivity index (χ1v) is 6.91. The number of anilines is 1. The summed E-state index contributed by atoms with van der Waals surface area (Å²) in [5.74, 6) is 0. The fourth-order valence-electron chi connectivity index (χ4n) is 1.95. The molecule has 3 nitrogen and oxygen atoms in total. The highest BCUT2D eigenvalue weighted by Crippen LogP contribution is 2.22. The van der Waals surface area contributed by atoms with Gasteiger partial charge >= 0.3 is 0 Å². The van der Waals surface area contributed by atoms with Crippen LogP contribution in [0.2, 0.25) is 0 Å². The molecular formula is C14H19N3S. The third-order valence-corrected chi connectivity index (χ3v) is 3.95. The number of benzene rings is 1. The number of rotatable bonds is 4. The van der Waals surface area contributed by atoms with Gasteiger partial charge in [-0.3, -0.25) is 4.90 Å². The molecule has 4 heteroatoms. The van der Waals surface area contributed by atoms with E-state index in [0.29, 0.717) is 6.04 Å². The Bertz CT molecular complexity index is 521. The van der Waals surface area contributed by atoms with Crippen LogP contribution in [0.25, 0.3) is 0 Å². The SMILES string of the molecule is Cc1nc(CN(C)C(C)c2cccc(N)c2)cs1. The molecule has 2 rings (SSSR count). The van der Waals surface area contributed by atoms with E-state index in [1.54, 1.807) is 11.3 Å². The Kier molecular flexibility index (Phi) is 3.99. The molecule has 0 fully saturated rings. The molecule has 1 unspecified atom stereocenters. The third-order valence-electron chi connectivity index (χ3n) is 3.13. The van der Waals surface area contributed by atoms with Gasteiger partial charge in [-0.05, 0) is 38.6 Å². The minimum absolute atomic E-state index is 0.329. The number of nitrogens with zero attached hydrogens (tertiary/aromatic N) is 2. The average molecular weight is 261 g/mol. The highest BCUT2D eigenvalue weighted by atomic mass is 32.1. The van der Waals surface area contributed by atoms with E-state index in [1.165, 1.54) is 5.56 Å². The highest BCUT2D eigenvalue weighted by Gasteiger charge is 2.13. The average Bonchev–Trinajstić information content (AvgIpc) is 2.73. The lowest BCUT2D eigenvalue weighted by Gasteiger charge is -2.24. The molecule has 0 radical (unpaired) electrons. The number of thiazole rings is 1. The van der Waals surface area contributed by atoms with Crippen LogP contribution in [-0.4, -0.2) is 16.9 Å². The molecule has 1 heterocycles. The van der Waals surface area contributed by atoms with Crippen molar-refractivity contribution < 1.29 is 0 Å². The van der Waals surface area contributed by atoms with Crippen LogP contribution < -0.4 is 5.73 Å². The van der Waals surface area contributed by atoms with Gasteiger partial charge in [0.1, 0.15) is 0 Å². The van der Waals surface area contributed by atoms with Crippen molar-refractivity contribution in [2.75, 3.05) is 12.8 Å². The minimum atomic E-state index is 0.329. The van der Waals surface area contributed by atoms with Crippen molar-refractivity contribution in [2.24, 2.45) is 0 Å². The molecule has 0 amide bonds. The van der Waals surface area contributed by atoms with E-state index in [2.05, 4.69) is 35.3 Å². The fraction of sp³-hybridized carbons (Fsp3) is 0.357. The summed E-state index contributed by atoms with van der Waals surface area (Å²) in [7, 11) is 2.11. The van der Waals surface area contributed by atoms with Gasteiger partial charge in [0.2, 0.25) is 0 Å². The molecule has 0 aliphatic carbocycles. The molecular weight excluding hydrogens is 242 g/mol. The molecule has 2 aromatic rings. The Morgan fingerprint density at radius 3 is 2.83 bits per heavy atom. The van der Waals surface area contributed by atoms with Crippen molar-refractivity contribution >= 4 is 17.0 Å². The standard InChI is InChI=1S/C14H19N3S/c1-10(12-5-4-6-13(15)7-12)17(3)8-14-9-18-11(2)16-14/h4-7,9-10H,8,15H2,1-3H3. The van der Waals surface area contributed by atoms with Crippen LogP contribution in [0.4, 0.5) is 5.69 Å². The lowest BCUT2D eigenvalue weighted by atomic mass is 10.1. The zero-order valence-electron chi connectivity index (χ0n) is 11.1. The molecule has 0 bridgehead atoms. The quantitative estimate of drug-likeness (QED) is 0.859. The van der Waals surface area contributed by atoms with E-state index < -0.39 is 0 Å². The predicted molar refractivity (Wildman–Crippen MR) is 77.6 cm³/mol. The van der Waals surface area contributed by atoms with E-state index in [9.17, 15) is 0 Å². The van der Waals surface area contributed by atoms with Crippen molar-refractivity contribution in [1.82, 2.24) is 9.88 Å². The summed E-state index contributed by atoms with van der Waals surface area (Å²) in [5.41, 5.74) is 9.02. The Labute approximate surface area is 112 Å². The third kappa shape index (κ3) is 3.09. The molecule has 18 heavy (non-hydrogen) atoms. The van der Waals surface area contributed by atoms with Crippen molar-refractivity contribution in [3.63, 3.8) is 0 Å². The molecule has 0 saturated carbocycles. The summed E-state index contributed by atoms with van der Waals surface area (Å²) in [4.78, 5) is 6.78. The van der Waals surface area contributed by atoms with Crippen LogP contribution >= 0.6 is 11.3 Å². The first-order valence-electron chi connectivity index (χ1n) is 6.03.